The second-order valence-electron chi connectivity index (χ2n) is 6.34. The molecule has 1 saturated heterocycles. The molecule has 0 bridgehead atoms. The van der Waals surface area contributed by atoms with Gasteiger partial charge in [0.2, 0.25) is 0 Å². The Morgan fingerprint density at radius 3 is 2.44 bits per heavy atom. The average molecular weight is 448 g/mol. The summed E-state index contributed by atoms with van der Waals surface area (Å²) >= 11 is 2.17. The number of hydrogen-bond acceptors (Lipinski definition) is 2. The first-order valence-corrected chi connectivity index (χ1v) is 9.60. The van der Waals surface area contributed by atoms with Crippen LogP contribution in [0.1, 0.15) is 45.5 Å². The Morgan fingerprint density at radius 1 is 1.00 bits per heavy atom. The first kappa shape index (κ1) is 17.9. The summed E-state index contributed by atoms with van der Waals surface area (Å²) < 4.78 is 0.898. The number of aryl methyl sites for hydroxylation is 1. The maximum atomic E-state index is 12.8. The van der Waals surface area contributed by atoms with Crippen molar-refractivity contribution >= 4 is 40.1 Å². The number of rotatable bonds is 3. The van der Waals surface area contributed by atoms with Crippen LogP contribution in [0.15, 0.2) is 42.5 Å². The minimum atomic E-state index is -0.191. The molecular weight excluding hydrogens is 427 g/mol. The van der Waals surface area contributed by atoms with Crippen molar-refractivity contribution in [3.63, 3.8) is 0 Å². The Hall–Kier alpha value is -1.89. The van der Waals surface area contributed by atoms with E-state index in [2.05, 4.69) is 27.9 Å². The van der Waals surface area contributed by atoms with Crippen LogP contribution in [-0.4, -0.2) is 29.8 Å². The van der Waals surface area contributed by atoms with Crippen LogP contribution in [0.4, 0.5) is 5.69 Å². The number of piperidine rings is 1. The molecule has 0 aliphatic carbocycles. The van der Waals surface area contributed by atoms with E-state index in [1.165, 1.54) is 6.42 Å². The van der Waals surface area contributed by atoms with Gasteiger partial charge in [0.15, 0.2) is 0 Å². The first-order valence-electron chi connectivity index (χ1n) is 8.52. The van der Waals surface area contributed by atoms with Crippen molar-refractivity contribution in [3.05, 3.63) is 62.7 Å². The molecule has 1 aliphatic rings. The number of anilines is 1. The third-order valence-corrected chi connectivity index (χ3v) is 5.31. The molecule has 1 N–H and O–H groups in total. The summed E-state index contributed by atoms with van der Waals surface area (Å²) in [7, 11) is 0. The molecule has 0 radical (unpaired) electrons. The number of para-hydroxylation sites is 1. The molecule has 4 nitrogen and oxygen atoms in total. The zero-order valence-corrected chi connectivity index (χ0v) is 16.4. The molecule has 130 valence electrons. The number of carbonyl (C=O) groups is 2. The lowest BCUT2D eigenvalue weighted by molar-refractivity contribution is 0.0725. The van der Waals surface area contributed by atoms with Crippen LogP contribution < -0.4 is 5.32 Å². The molecule has 2 aromatic carbocycles. The molecule has 0 aromatic heterocycles. The lowest BCUT2D eigenvalue weighted by Gasteiger charge is -2.27. The second kappa shape index (κ2) is 7.99. The number of amides is 2. The standard InChI is InChI=1S/C20H21IN2O2/c1-14-9-10-15(17(21)13-14)19(24)22-18-8-4-3-7-16(18)20(25)23-11-5-2-6-12-23/h3-4,7-10,13H,2,5-6,11-12H2,1H3,(H,22,24). The summed E-state index contributed by atoms with van der Waals surface area (Å²) in [5.41, 5.74) is 2.85. The van der Waals surface area contributed by atoms with Crippen LogP contribution in [0, 0.1) is 10.5 Å². The highest BCUT2D eigenvalue weighted by atomic mass is 127. The Kier molecular flexibility index (Phi) is 5.73. The normalized spacial score (nSPS) is 14.2. The number of nitrogens with one attached hydrogen (secondary N) is 1. The maximum Gasteiger partial charge on any atom is 0.256 e. The summed E-state index contributed by atoms with van der Waals surface area (Å²) in [6.45, 7) is 3.57. The topological polar surface area (TPSA) is 49.4 Å². The second-order valence-corrected chi connectivity index (χ2v) is 7.50. The van der Waals surface area contributed by atoms with Crippen LogP contribution in [0.2, 0.25) is 0 Å². The van der Waals surface area contributed by atoms with Crippen LogP contribution in [0.5, 0.6) is 0 Å². The number of hydrogen-bond donors (Lipinski definition) is 1. The Balaban J connectivity index is 1.83. The Labute approximate surface area is 161 Å². The van der Waals surface area contributed by atoms with Gasteiger partial charge in [-0.25, -0.2) is 0 Å². The van der Waals surface area contributed by atoms with Gasteiger partial charge in [-0.15, -0.1) is 0 Å². The molecule has 2 aromatic rings. The van der Waals surface area contributed by atoms with Crippen molar-refractivity contribution in [2.45, 2.75) is 26.2 Å². The summed E-state index contributed by atoms with van der Waals surface area (Å²) in [5.74, 6) is -0.197. The number of likely N-dealkylation sites (tertiary alicyclic amines) is 1. The summed E-state index contributed by atoms with van der Waals surface area (Å²) in [5, 5.41) is 2.92. The van der Waals surface area contributed by atoms with Crippen LogP contribution in [0.3, 0.4) is 0 Å². The van der Waals surface area contributed by atoms with Gasteiger partial charge >= 0.3 is 0 Å². The van der Waals surface area contributed by atoms with Crippen molar-refractivity contribution in [1.29, 1.82) is 0 Å². The first-order chi connectivity index (χ1) is 12.1. The van der Waals surface area contributed by atoms with Crippen molar-refractivity contribution < 1.29 is 9.59 Å². The van der Waals surface area contributed by atoms with Gasteiger partial charge < -0.3 is 10.2 Å². The Bertz CT molecular complexity index is 798. The zero-order chi connectivity index (χ0) is 17.8. The average Bonchev–Trinajstić information content (AvgIpc) is 2.62. The third-order valence-electron chi connectivity index (χ3n) is 4.42. The minimum Gasteiger partial charge on any atom is -0.339 e. The monoisotopic (exact) mass is 448 g/mol. The highest BCUT2D eigenvalue weighted by Gasteiger charge is 2.21. The van der Waals surface area contributed by atoms with Crippen molar-refractivity contribution in [2.75, 3.05) is 18.4 Å². The summed E-state index contributed by atoms with van der Waals surface area (Å²) in [6, 6.07) is 13.0. The molecule has 1 aliphatic heterocycles. The quantitative estimate of drug-likeness (QED) is 0.705. The number of benzene rings is 2. The van der Waals surface area contributed by atoms with Gasteiger partial charge in [0, 0.05) is 16.7 Å². The van der Waals surface area contributed by atoms with Crippen molar-refractivity contribution in [1.82, 2.24) is 4.90 Å². The van der Waals surface area contributed by atoms with Crippen LogP contribution in [-0.2, 0) is 0 Å². The molecule has 25 heavy (non-hydrogen) atoms. The van der Waals surface area contributed by atoms with Crippen molar-refractivity contribution in [3.8, 4) is 0 Å². The summed E-state index contributed by atoms with van der Waals surface area (Å²) in [4.78, 5) is 27.4. The van der Waals surface area contributed by atoms with Gasteiger partial charge in [0.1, 0.15) is 0 Å². The predicted molar refractivity (Wildman–Crippen MR) is 108 cm³/mol. The van der Waals surface area contributed by atoms with E-state index in [-0.39, 0.29) is 11.8 Å². The molecule has 0 atom stereocenters. The van der Waals surface area contributed by atoms with Gasteiger partial charge in [-0.1, -0.05) is 23.8 Å². The number of nitrogens with zero attached hydrogens (tertiary/aromatic N) is 1. The molecule has 5 heteroatoms. The van der Waals surface area contributed by atoms with Gasteiger partial charge in [0.05, 0.1) is 16.8 Å². The van der Waals surface area contributed by atoms with E-state index in [1.807, 2.05) is 42.2 Å². The number of carbonyl (C=O) groups excluding carboxylic acids is 2. The van der Waals surface area contributed by atoms with E-state index < -0.39 is 0 Å². The van der Waals surface area contributed by atoms with E-state index in [1.54, 1.807) is 12.1 Å². The fourth-order valence-electron chi connectivity index (χ4n) is 3.04. The molecule has 0 unspecified atom stereocenters. The molecule has 2 amide bonds. The van der Waals surface area contributed by atoms with Crippen LogP contribution >= 0.6 is 22.6 Å². The third kappa shape index (κ3) is 4.21. The summed E-state index contributed by atoms with van der Waals surface area (Å²) in [6.07, 6.45) is 3.26. The highest BCUT2D eigenvalue weighted by Crippen LogP contribution is 2.22. The minimum absolute atomic E-state index is 0.00537. The fraction of sp³-hybridized carbons (Fsp3) is 0.300. The SMILES string of the molecule is Cc1ccc(C(=O)Nc2ccccc2C(=O)N2CCCCC2)c(I)c1. The van der Waals surface area contributed by atoms with Gasteiger partial charge in [-0.05, 0) is 73.0 Å². The van der Waals surface area contributed by atoms with Crippen LogP contribution in [0.25, 0.3) is 0 Å². The van der Waals surface area contributed by atoms with Gasteiger partial charge in [-0.3, -0.25) is 9.59 Å². The van der Waals surface area contributed by atoms with Gasteiger partial charge in [-0.2, -0.15) is 0 Å². The van der Waals surface area contributed by atoms with E-state index in [9.17, 15) is 9.59 Å². The molecule has 1 heterocycles. The maximum absolute atomic E-state index is 12.8. The lowest BCUT2D eigenvalue weighted by Crippen LogP contribution is -2.36. The molecule has 0 spiro atoms. The lowest BCUT2D eigenvalue weighted by atomic mass is 10.1. The van der Waals surface area contributed by atoms with E-state index in [0.29, 0.717) is 16.8 Å². The zero-order valence-electron chi connectivity index (χ0n) is 14.2. The van der Waals surface area contributed by atoms with E-state index >= 15 is 0 Å². The molecule has 1 fully saturated rings. The van der Waals surface area contributed by atoms with Gasteiger partial charge in [0.25, 0.3) is 11.8 Å². The fourth-order valence-corrected chi connectivity index (χ4v) is 3.96. The van der Waals surface area contributed by atoms with Crippen molar-refractivity contribution in [2.24, 2.45) is 0 Å². The number of halogens is 1. The highest BCUT2D eigenvalue weighted by molar-refractivity contribution is 14.1. The largest absolute Gasteiger partial charge is 0.339 e. The predicted octanol–water partition coefficient (Wildman–Crippen LogP) is 4.48. The van der Waals surface area contributed by atoms with E-state index in [4.69, 9.17) is 0 Å². The molecule has 0 saturated carbocycles. The molecular formula is C20H21IN2O2. The van der Waals surface area contributed by atoms with E-state index in [0.717, 1.165) is 35.1 Å². The smallest absolute Gasteiger partial charge is 0.256 e. The molecule has 3 rings (SSSR count). The Morgan fingerprint density at radius 2 is 1.72 bits per heavy atom.